The summed E-state index contributed by atoms with van der Waals surface area (Å²) in [6, 6.07) is 1.17. The molecule has 0 unspecified atom stereocenters. The van der Waals surface area contributed by atoms with Crippen LogP contribution in [0.3, 0.4) is 0 Å². The molecular weight excluding hydrogens is 218 g/mol. The molecule has 0 aliphatic heterocycles. The third kappa shape index (κ3) is 1.95. The van der Waals surface area contributed by atoms with E-state index in [0.717, 1.165) is 0 Å². The topological polar surface area (TPSA) is 56.0 Å². The van der Waals surface area contributed by atoms with Gasteiger partial charge in [0.15, 0.2) is 5.69 Å². The third-order valence-corrected chi connectivity index (χ3v) is 1.78. The molecule has 7 heteroatoms. The van der Waals surface area contributed by atoms with Crippen LogP contribution in [0.25, 0.3) is 0 Å². The average Bonchev–Trinajstić information content (AvgIpc) is 2.01. The molecule has 0 saturated carbocycles. The molecule has 0 aliphatic carbocycles. The van der Waals surface area contributed by atoms with Crippen molar-refractivity contribution in [2.45, 2.75) is 13.3 Å². The monoisotopic (exact) mass is 222 g/mol. The maximum absolute atomic E-state index is 12.3. The van der Waals surface area contributed by atoms with Crippen molar-refractivity contribution in [1.29, 1.82) is 0 Å². The number of rotatable bonds is 2. The lowest BCUT2D eigenvalue weighted by Gasteiger charge is -2.03. The maximum atomic E-state index is 12.3. The van der Waals surface area contributed by atoms with Crippen LogP contribution >= 0.6 is 11.6 Å². The molecule has 1 aromatic heterocycles. The summed E-state index contributed by atoms with van der Waals surface area (Å²) < 4.78 is 24.6. The Hall–Kier alpha value is -1.30. The first kappa shape index (κ1) is 10.8. The Balaban J connectivity index is 3.44. The molecule has 1 aromatic rings. The number of hydrogen-bond donors (Lipinski definition) is 0. The lowest BCUT2D eigenvalue weighted by molar-refractivity contribution is -0.386. The Morgan fingerprint density at radius 1 is 1.64 bits per heavy atom. The van der Waals surface area contributed by atoms with Gasteiger partial charge < -0.3 is 0 Å². The fourth-order valence-electron chi connectivity index (χ4n) is 0.982. The Kier molecular flexibility index (Phi) is 2.95. The summed E-state index contributed by atoms with van der Waals surface area (Å²) in [5.74, 6) is 0. The van der Waals surface area contributed by atoms with Gasteiger partial charge in [0, 0.05) is 5.69 Å². The van der Waals surface area contributed by atoms with E-state index >= 15 is 0 Å². The number of pyridine rings is 1. The molecule has 4 nitrogen and oxygen atoms in total. The van der Waals surface area contributed by atoms with Crippen LogP contribution in [0.2, 0.25) is 5.02 Å². The van der Waals surface area contributed by atoms with Crippen molar-refractivity contribution in [2.24, 2.45) is 0 Å². The smallest absolute Gasteiger partial charge is 0.258 e. The van der Waals surface area contributed by atoms with Crippen molar-refractivity contribution < 1.29 is 13.7 Å². The highest BCUT2D eigenvalue weighted by atomic mass is 35.5. The van der Waals surface area contributed by atoms with Crippen molar-refractivity contribution in [2.75, 3.05) is 0 Å². The van der Waals surface area contributed by atoms with Crippen molar-refractivity contribution in [3.05, 3.63) is 32.6 Å². The van der Waals surface area contributed by atoms with Crippen molar-refractivity contribution >= 4 is 17.3 Å². The molecule has 14 heavy (non-hydrogen) atoms. The van der Waals surface area contributed by atoms with E-state index in [1.807, 2.05) is 0 Å². The number of nitrogens with zero attached hydrogens (tertiary/aromatic N) is 2. The quantitative estimate of drug-likeness (QED) is 0.571. The number of hydrogen-bond acceptors (Lipinski definition) is 3. The van der Waals surface area contributed by atoms with Gasteiger partial charge in [-0.15, -0.1) is 0 Å². The molecule has 1 heterocycles. The van der Waals surface area contributed by atoms with Crippen molar-refractivity contribution in [1.82, 2.24) is 4.98 Å². The highest BCUT2D eigenvalue weighted by molar-refractivity contribution is 6.32. The Morgan fingerprint density at radius 3 is 2.64 bits per heavy atom. The van der Waals surface area contributed by atoms with Gasteiger partial charge in [0.05, 0.1) is 4.92 Å². The molecule has 0 saturated heterocycles. The standard InChI is InChI=1S/C7H5ClF2N2O2/c1-3-2-4(8)6(12(13)14)5(11-3)7(9)10/h2,7H,1H3. The van der Waals surface area contributed by atoms with Gasteiger partial charge >= 0.3 is 5.69 Å². The zero-order chi connectivity index (χ0) is 10.9. The molecule has 76 valence electrons. The molecule has 0 spiro atoms. The van der Waals surface area contributed by atoms with Crippen LogP contribution in [-0.4, -0.2) is 9.91 Å². The fraction of sp³-hybridized carbons (Fsp3) is 0.286. The SMILES string of the molecule is Cc1cc(Cl)c([N+](=O)[O-])c(C(F)F)n1. The molecule has 0 aromatic carbocycles. The van der Waals surface area contributed by atoms with E-state index in [9.17, 15) is 18.9 Å². The molecular formula is C7H5ClF2N2O2. The first-order valence-corrected chi connectivity index (χ1v) is 3.91. The van der Waals surface area contributed by atoms with Gasteiger partial charge in [0.2, 0.25) is 0 Å². The minimum Gasteiger partial charge on any atom is -0.258 e. The van der Waals surface area contributed by atoms with E-state index in [0.29, 0.717) is 0 Å². The molecule has 0 radical (unpaired) electrons. The fourth-order valence-corrected chi connectivity index (χ4v) is 1.31. The van der Waals surface area contributed by atoms with Crippen LogP contribution in [0.15, 0.2) is 6.07 Å². The highest BCUT2D eigenvalue weighted by Crippen LogP contribution is 2.33. The Morgan fingerprint density at radius 2 is 2.21 bits per heavy atom. The number of aryl methyl sites for hydroxylation is 1. The van der Waals surface area contributed by atoms with Crippen LogP contribution < -0.4 is 0 Å². The van der Waals surface area contributed by atoms with Gasteiger partial charge in [-0.1, -0.05) is 11.6 Å². The summed E-state index contributed by atoms with van der Waals surface area (Å²) in [6.45, 7) is 1.43. The van der Waals surface area contributed by atoms with Crippen LogP contribution in [0.1, 0.15) is 17.8 Å². The zero-order valence-electron chi connectivity index (χ0n) is 7.00. The van der Waals surface area contributed by atoms with E-state index in [-0.39, 0.29) is 10.7 Å². The first-order chi connectivity index (χ1) is 6.43. The minimum atomic E-state index is -3.01. The minimum absolute atomic E-state index is 0.218. The van der Waals surface area contributed by atoms with E-state index in [1.54, 1.807) is 0 Å². The van der Waals surface area contributed by atoms with Gasteiger partial charge in [0.25, 0.3) is 6.43 Å². The van der Waals surface area contributed by atoms with E-state index < -0.39 is 22.7 Å². The number of nitro groups is 1. The lowest BCUT2D eigenvalue weighted by Crippen LogP contribution is -2.01. The highest BCUT2D eigenvalue weighted by Gasteiger charge is 2.27. The molecule has 0 bridgehead atoms. The summed E-state index contributed by atoms with van der Waals surface area (Å²) in [6.07, 6.45) is -3.01. The molecule has 0 aliphatic rings. The average molecular weight is 223 g/mol. The maximum Gasteiger partial charge on any atom is 0.315 e. The van der Waals surface area contributed by atoms with Gasteiger partial charge in [-0.25, -0.2) is 13.8 Å². The second kappa shape index (κ2) is 3.83. The number of aromatic nitrogens is 1. The summed E-state index contributed by atoms with van der Waals surface area (Å²) in [5, 5.41) is 10.1. The van der Waals surface area contributed by atoms with E-state index in [1.165, 1.54) is 13.0 Å². The second-order valence-electron chi connectivity index (χ2n) is 2.54. The summed E-state index contributed by atoms with van der Waals surface area (Å²) >= 11 is 5.46. The zero-order valence-corrected chi connectivity index (χ0v) is 7.76. The predicted molar refractivity (Wildman–Crippen MR) is 45.6 cm³/mol. The Labute approximate surface area is 82.7 Å². The molecule has 0 N–H and O–H groups in total. The van der Waals surface area contributed by atoms with Gasteiger partial charge in [-0.2, -0.15) is 0 Å². The van der Waals surface area contributed by atoms with Crippen LogP contribution in [0, 0.1) is 17.0 Å². The van der Waals surface area contributed by atoms with Crippen molar-refractivity contribution in [3.8, 4) is 0 Å². The van der Waals surface area contributed by atoms with Crippen LogP contribution in [-0.2, 0) is 0 Å². The molecule has 0 amide bonds. The van der Waals surface area contributed by atoms with Gasteiger partial charge in [0.1, 0.15) is 5.02 Å². The number of alkyl halides is 2. The summed E-state index contributed by atoms with van der Waals surface area (Å²) in [4.78, 5) is 12.8. The summed E-state index contributed by atoms with van der Waals surface area (Å²) in [7, 11) is 0. The van der Waals surface area contributed by atoms with E-state index in [2.05, 4.69) is 4.98 Å². The Bertz CT molecular complexity index is 384. The predicted octanol–water partition coefficient (Wildman–Crippen LogP) is 2.89. The van der Waals surface area contributed by atoms with Gasteiger partial charge in [-0.3, -0.25) is 10.1 Å². The molecule has 1 rings (SSSR count). The first-order valence-electron chi connectivity index (χ1n) is 3.53. The van der Waals surface area contributed by atoms with E-state index in [4.69, 9.17) is 11.6 Å². The molecule has 0 atom stereocenters. The van der Waals surface area contributed by atoms with Crippen LogP contribution in [0.5, 0.6) is 0 Å². The van der Waals surface area contributed by atoms with Crippen LogP contribution in [0.4, 0.5) is 14.5 Å². The van der Waals surface area contributed by atoms with Crippen molar-refractivity contribution in [3.63, 3.8) is 0 Å². The molecule has 0 fully saturated rings. The third-order valence-electron chi connectivity index (χ3n) is 1.49. The lowest BCUT2D eigenvalue weighted by atomic mass is 10.2. The second-order valence-corrected chi connectivity index (χ2v) is 2.94. The summed E-state index contributed by atoms with van der Waals surface area (Å²) in [5.41, 5.74) is -1.50. The normalized spacial score (nSPS) is 10.6. The largest absolute Gasteiger partial charge is 0.315 e. The number of halogens is 3. The van der Waals surface area contributed by atoms with Gasteiger partial charge in [-0.05, 0) is 13.0 Å².